The van der Waals surface area contributed by atoms with E-state index in [1.807, 2.05) is 14.1 Å². The average Bonchev–Trinajstić information content (AvgIpc) is 2.82. The first-order chi connectivity index (χ1) is 15.9. The third kappa shape index (κ3) is 5.60. The number of methoxy groups -OCH3 is 1. The van der Waals surface area contributed by atoms with Crippen LogP contribution in [0.15, 0.2) is 47.5 Å². The van der Waals surface area contributed by atoms with Crippen LogP contribution in [0.3, 0.4) is 0 Å². The predicted octanol–water partition coefficient (Wildman–Crippen LogP) is 3.47. The summed E-state index contributed by atoms with van der Waals surface area (Å²) in [4.78, 5) is 9.13. The summed E-state index contributed by atoms with van der Waals surface area (Å²) in [7, 11) is 9.95. The van der Waals surface area contributed by atoms with Crippen molar-refractivity contribution >= 4 is 17.2 Å². The highest BCUT2D eigenvalue weighted by atomic mass is 16.5. The third-order valence-corrected chi connectivity index (χ3v) is 6.62. The Morgan fingerprint density at radius 1 is 0.970 bits per heavy atom. The van der Waals surface area contributed by atoms with E-state index in [9.17, 15) is 0 Å². The molecule has 1 heterocycles. The second kappa shape index (κ2) is 10.4. The average molecular weight is 451 g/mol. The maximum atomic E-state index is 5.63. The molecule has 0 amide bonds. The van der Waals surface area contributed by atoms with Crippen LogP contribution in [0.2, 0.25) is 0 Å². The molecule has 1 atom stereocenters. The molecule has 1 aliphatic carbocycles. The molecular formula is C26H38N6O. The van der Waals surface area contributed by atoms with Gasteiger partial charge < -0.3 is 25.2 Å². The number of nitrogens with zero attached hydrogens (tertiary/aromatic N) is 3. The fourth-order valence-corrected chi connectivity index (χ4v) is 4.71. The molecule has 0 bridgehead atoms. The van der Waals surface area contributed by atoms with E-state index < -0.39 is 0 Å². The van der Waals surface area contributed by atoms with Gasteiger partial charge in [0.1, 0.15) is 11.6 Å². The maximum Gasteiger partial charge on any atom is 0.176 e. The van der Waals surface area contributed by atoms with Gasteiger partial charge in [-0.2, -0.15) is 0 Å². The van der Waals surface area contributed by atoms with Gasteiger partial charge in [0.05, 0.1) is 7.11 Å². The molecule has 2 aliphatic rings. The second-order valence-electron chi connectivity index (χ2n) is 9.43. The third-order valence-electron chi connectivity index (χ3n) is 6.62. The molecule has 1 fully saturated rings. The largest absolute Gasteiger partial charge is 0.496 e. The van der Waals surface area contributed by atoms with Crippen molar-refractivity contribution in [3.05, 3.63) is 53.6 Å². The van der Waals surface area contributed by atoms with Crippen LogP contribution >= 0.6 is 0 Å². The summed E-state index contributed by atoms with van der Waals surface area (Å²) >= 11 is 0. The number of para-hydroxylation sites is 1. The molecule has 0 radical (unpaired) electrons. The molecule has 0 saturated heterocycles. The minimum atomic E-state index is -0.0914. The SMILES string of the molecule is COc1cc(N(C)C)ccc1CNC1CCC(NC2N=C(N(C)C)c3ccccc3N2)CC1. The first kappa shape index (κ1) is 23.4. The number of anilines is 2. The molecule has 4 rings (SSSR count). The zero-order valence-corrected chi connectivity index (χ0v) is 20.6. The standard InChI is InChI=1S/C26H38N6O/c1-31(2)21-15-10-18(24(16-21)33-5)17-27-19-11-13-20(14-12-19)28-26-29-23-9-7-6-8-22(23)25(30-26)32(3)4/h6-10,15-16,19-20,26-29H,11-14,17H2,1-5H3. The van der Waals surface area contributed by atoms with Crippen LogP contribution < -0.4 is 25.6 Å². The lowest BCUT2D eigenvalue weighted by atomic mass is 9.91. The molecule has 1 saturated carbocycles. The Morgan fingerprint density at radius 3 is 2.39 bits per heavy atom. The fraction of sp³-hybridized carbons (Fsp3) is 0.500. The lowest BCUT2D eigenvalue weighted by Crippen LogP contribution is -2.48. The number of nitrogens with one attached hydrogen (secondary N) is 3. The number of hydrogen-bond donors (Lipinski definition) is 3. The lowest BCUT2D eigenvalue weighted by Gasteiger charge is -2.35. The molecule has 2 aromatic rings. The maximum absolute atomic E-state index is 5.63. The summed E-state index contributed by atoms with van der Waals surface area (Å²) in [6, 6.07) is 15.8. The Balaban J connectivity index is 1.29. The summed E-state index contributed by atoms with van der Waals surface area (Å²) in [5, 5.41) is 11.0. The van der Waals surface area contributed by atoms with E-state index in [4.69, 9.17) is 9.73 Å². The Labute approximate surface area is 198 Å². The molecule has 1 unspecified atom stereocenters. The van der Waals surface area contributed by atoms with Crippen LogP contribution in [0.25, 0.3) is 0 Å². The van der Waals surface area contributed by atoms with Crippen molar-refractivity contribution in [2.75, 3.05) is 45.5 Å². The van der Waals surface area contributed by atoms with Crippen LogP contribution in [0.1, 0.15) is 36.8 Å². The number of ether oxygens (including phenoxy) is 1. The van der Waals surface area contributed by atoms with E-state index in [1.54, 1.807) is 7.11 Å². The van der Waals surface area contributed by atoms with Crippen molar-refractivity contribution < 1.29 is 4.74 Å². The van der Waals surface area contributed by atoms with Crippen LogP contribution in [0.4, 0.5) is 11.4 Å². The first-order valence-corrected chi connectivity index (χ1v) is 11.9. The monoisotopic (exact) mass is 450 g/mol. The summed E-state index contributed by atoms with van der Waals surface area (Å²) in [5.74, 6) is 1.97. The summed E-state index contributed by atoms with van der Waals surface area (Å²) in [6.45, 7) is 0.830. The van der Waals surface area contributed by atoms with Crippen molar-refractivity contribution in [2.24, 2.45) is 4.99 Å². The molecule has 0 aromatic heterocycles. The normalized spacial score (nSPS) is 22.1. The second-order valence-corrected chi connectivity index (χ2v) is 9.43. The summed E-state index contributed by atoms with van der Waals surface area (Å²) < 4.78 is 5.63. The van der Waals surface area contributed by atoms with E-state index >= 15 is 0 Å². The molecular weight excluding hydrogens is 412 g/mol. The van der Waals surface area contributed by atoms with Gasteiger partial charge >= 0.3 is 0 Å². The first-order valence-electron chi connectivity index (χ1n) is 11.9. The lowest BCUT2D eigenvalue weighted by molar-refractivity contribution is 0.292. The van der Waals surface area contributed by atoms with Gasteiger partial charge in [-0.3, -0.25) is 5.32 Å². The molecule has 178 valence electrons. The molecule has 1 aliphatic heterocycles. The number of aliphatic imine (C=N–C) groups is 1. The topological polar surface area (TPSA) is 64.2 Å². The predicted molar refractivity (Wildman–Crippen MR) is 137 cm³/mol. The zero-order chi connectivity index (χ0) is 23.4. The van der Waals surface area contributed by atoms with Gasteiger partial charge in [-0.1, -0.05) is 18.2 Å². The van der Waals surface area contributed by atoms with Crippen LogP contribution in [0, 0.1) is 0 Å². The van der Waals surface area contributed by atoms with Gasteiger partial charge in [0.25, 0.3) is 0 Å². The number of rotatable bonds is 7. The van der Waals surface area contributed by atoms with E-state index in [0.29, 0.717) is 12.1 Å². The van der Waals surface area contributed by atoms with Gasteiger partial charge in [0.2, 0.25) is 0 Å². The van der Waals surface area contributed by atoms with Crippen LogP contribution in [0.5, 0.6) is 5.75 Å². The van der Waals surface area contributed by atoms with E-state index in [-0.39, 0.29) is 6.29 Å². The van der Waals surface area contributed by atoms with Crippen molar-refractivity contribution in [3.8, 4) is 5.75 Å². The minimum absolute atomic E-state index is 0.0914. The van der Waals surface area contributed by atoms with E-state index in [1.165, 1.54) is 5.56 Å². The zero-order valence-electron chi connectivity index (χ0n) is 20.6. The van der Waals surface area contributed by atoms with E-state index in [2.05, 4.69) is 82.3 Å². The number of benzene rings is 2. The smallest absolute Gasteiger partial charge is 0.176 e. The highest BCUT2D eigenvalue weighted by molar-refractivity contribution is 6.04. The van der Waals surface area contributed by atoms with Gasteiger partial charge in [-0.05, 0) is 43.9 Å². The van der Waals surface area contributed by atoms with Gasteiger partial charge in [0.15, 0.2) is 6.29 Å². The summed E-state index contributed by atoms with van der Waals surface area (Å²) in [5.41, 5.74) is 4.65. The highest BCUT2D eigenvalue weighted by Crippen LogP contribution is 2.27. The van der Waals surface area contributed by atoms with Crippen LogP contribution in [-0.4, -0.2) is 64.4 Å². The Hall–Kier alpha value is -2.77. The van der Waals surface area contributed by atoms with E-state index in [0.717, 1.165) is 60.8 Å². The Morgan fingerprint density at radius 2 is 1.70 bits per heavy atom. The molecule has 33 heavy (non-hydrogen) atoms. The van der Waals surface area contributed by atoms with Crippen LogP contribution in [-0.2, 0) is 6.54 Å². The number of fused-ring (bicyclic) bond motifs is 1. The van der Waals surface area contributed by atoms with Crippen molar-refractivity contribution in [3.63, 3.8) is 0 Å². The number of amidine groups is 1. The quantitative estimate of drug-likeness (QED) is 0.600. The molecule has 2 aromatic carbocycles. The Bertz CT molecular complexity index is 965. The van der Waals surface area contributed by atoms with Crippen molar-refractivity contribution in [1.29, 1.82) is 0 Å². The van der Waals surface area contributed by atoms with Gasteiger partial charge in [-0.15, -0.1) is 0 Å². The fourth-order valence-electron chi connectivity index (χ4n) is 4.71. The molecule has 7 nitrogen and oxygen atoms in total. The Kier molecular flexibility index (Phi) is 7.40. The molecule has 7 heteroatoms. The molecule has 0 spiro atoms. The molecule has 3 N–H and O–H groups in total. The van der Waals surface area contributed by atoms with Crippen molar-refractivity contribution in [1.82, 2.24) is 15.5 Å². The van der Waals surface area contributed by atoms with Crippen molar-refractivity contribution in [2.45, 2.75) is 50.6 Å². The number of hydrogen-bond acceptors (Lipinski definition) is 7. The minimum Gasteiger partial charge on any atom is -0.496 e. The summed E-state index contributed by atoms with van der Waals surface area (Å²) in [6.07, 6.45) is 4.50. The van der Waals surface area contributed by atoms with Gasteiger partial charge in [0, 0.05) is 75.4 Å². The highest BCUT2D eigenvalue weighted by Gasteiger charge is 2.26. The van der Waals surface area contributed by atoms with Gasteiger partial charge in [-0.25, -0.2) is 4.99 Å².